The second-order valence-corrected chi connectivity index (χ2v) is 13.8. The average Bonchev–Trinajstić information content (AvgIpc) is 1.48. The van der Waals surface area contributed by atoms with Gasteiger partial charge in [0.15, 0.2) is 0 Å². The van der Waals surface area contributed by atoms with E-state index in [0.717, 1.165) is 0 Å². The van der Waals surface area contributed by atoms with Crippen molar-refractivity contribution in [2.45, 2.75) is 24.5 Å². The molecule has 2 nitrogen and oxygen atoms in total. The second-order valence-electron chi connectivity index (χ2n) is 13.8. The number of anilines is 3. The molecular formula is C58H39NO. The highest BCUT2D eigenvalue weighted by Gasteiger charge is 2.53. The van der Waals surface area contributed by atoms with E-state index < -0.39 is 341 Å². The summed E-state index contributed by atoms with van der Waals surface area (Å²) in [6.45, 7) is -8.30. The summed E-state index contributed by atoms with van der Waals surface area (Å²) in [5.41, 5.74) is -27.3. The Morgan fingerprint density at radius 3 is 1.82 bits per heavy atom. The molecule has 282 valence electrons. The van der Waals surface area contributed by atoms with Crippen LogP contribution in [0.4, 0.5) is 17.1 Å². The lowest BCUT2D eigenvalue weighted by molar-refractivity contribution is 0.660. The van der Waals surface area contributed by atoms with Crippen LogP contribution >= 0.6 is 0 Å². The fourth-order valence-electron chi connectivity index (χ4n) is 8.47. The molecule has 1 spiro atoms. The molecule has 0 bridgehead atoms. The summed E-state index contributed by atoms with van der Waals surface area (Å²) < 4.78 is 372. The fraction of sp³-hybridized carbons (Fsp3) is 0.0690. The molecule has 0 radical (unpaired) electrons. The highest BCUT2D eigenvalue weighted by Crippen LogP contribution is 2.65. The second kappa shape index (κ2) is 12.1. The number of fused-ring (bicyclic) bond motifs is 17. The predicted molar refractivity (Wildman–Crippen MR) is 248 cm³/mol. The van der Waals surface area contributed by atoms with E-state index in [4.69, 9.17) is 30.5 Å². The molecule has 0 amide bonds. The first-order chi connectivity index (χ1) is 45.8. The molecule has 60 heavy (non-hydrogen) atoms. The van der Waals surface area contributed by atoms with Crippen LogP contribution in [0.25, 0.3) is 66.4 Å². The van der Waals surface area contributed by atoms with Crippen LogP contribution in [0.5, 0.6) is 0 Å². The van der Waals surface area contributed by atoms with E-state index in [2.05, 4.69) is 0 Å². The Bertz CT molecular complexity index is 5440. The van der Waals surface area contributed by atoms with Gasteiger partial charge in [0.05, 0.1) is 56.3 Å². The number of benzene rings is 9. The Labute approximate surface area is 404 Å². The van der Waals surface area contributed by atoms with Crippen LogP contribution < -0.4 is 4.90 Å². The molecule has 3 aliphatic rings. The van der Waals surface area contributed by atoms with Gasteiger partial charge in [-0.1, -0.05) is 177 Å². The molecule has 0 unspecified atom stereocenters. The van der Waals surface area contributed by atoms with Gasteiger partial charge >= 0.3 is 0 Å². The fourth-order valence-corrected chi connectivity index (χ4v) is 8.47. The molecule has 0 aliphatic heterocycles. The normalized spacial score (nSPS) is 24.0. The van der Waals surface area contributed by atoms with Gasteiger partial charge in [0.2, 0.25) is 0 Å². The number of nitrogens with zero attached hydrogens (tertiary/aromatic N) is 1. The summed E-state index contributed by atoms with van der Waals surface area (Å²) in [4.78, 5) is 0.168. The minimum Gasteiger partial charge on any atom is -0.455 e. The quantitative estimate of drug-likeness (QED) is 0.176. The third-order valence-corrected chi connectivity index (χ3v) is 10.9. The maximum absolute atomic E-state index is 11.1. The molecular weight excluding hydrogens is 727 g/mol. The van der Waals surface area contributed by atoms with Gasteiger partial charge in [-0.25, -0.2) is 0 Å². The Morgan fingerprint density at radius 1 is 0.433 bits per heavy atom. The van der Waals surface area contributed by atoms with Gasteiger partial charge in [0, 0.05) is 46.9 Å². The van der Waals surface area contributed by atoms with Crippen molar-refractivity contribution in [1.82, 2.24) is 0 Å². The van der Waals surface area contributed by atoms with E-state index in [-0.39, 0.29) is 4.90 Å². The number of hydrogen-bond acceptors (Lipinski definition) is 2. The number of furan rings is 1. The zero-order valence-electron chi connectivity index (χ0n) is 68.9. The molecule has 0 atom stereocenters. The third kappa shape index (κ3) is 4.27. The summed E-state index contributed by atoms with van der Waals surface area (Å²) in [5, 5.41) is -1.22. The molecule has 0 fully saturated rings. The molecule has 13 rings (SSSR count). The number of para-hydroxylation sites is 1. The maximum Gasteiger partial charge on any atom is 0.143 e. The SMILES string of the molecule is [2H]c1c([2H])c([2H])c(-c2c([2H])c([2H])c(N(c3c([2H])c([2H])c4c(c3[2H])C3(c5c([2H])c([2H])c([2H])c([2H])c5-c5c([2H])c([2H])c([2H])c([2H])c53)c3c([2H])c([2H])c5c(oc6c([2H])c([2H])c([2H])c([2H])c65)c3-4)c3c([2H])c([2H])c([2H])c4c3-c3c([2H])c([2H])c([2H])c([2H])c3C4(C([2H])([2H])[2H])C([2H])([2H])[2H])c([2H])c2[2H])c([2H])c1[2H]. The van der Waals surface area contributed by atoms with Crippen molar-refractivity contribution in [1.29, 1.82) is 0 Å². The van der Waals surface area contributed by atoms with Crippen LogP contribution in [0.15, 0.2) is 204 Å². The van der Waals surface area contributed by atoms with Gasteiger partial charge in [0.25, 0.3) is 0 Å². The maximum atomic E-state index is 11.1. The lowest BCUT2D eigenvalue weighted by Gasteiger charge is -2.33. The van der Waals surface area contributed by atoms with E-state index in [1.54, 1.807) is 0 Å². The molecule has 1 heterocycles. The summed E-state index contributed by atoms with van der Waals surface area (Å²) in [7, 11) is 0. The van der Waals surface area contributed by atoms with Crippen LogP contribution in [-0.2, 0) is 10.8 Å². The summed E-state index contributed by atoms with van der Waals surface area (Å²) in [5.74, 6) is 0. The molecule has 2 heteroatoms. The Balaban J connectivity index is 1.36. The summed E-state index contributed by atoms with van der Waals surface area (Å²) in [6.07, 6.45) is 0. The van der Waals surface area contributed by atoms with Crippen molar-refractivity contribution in [3.63, 3.8) is 0 Å². The van der Waals surface area contributed by atoms with Crippen molar-refractivity contribution >= 4 is 39.0 Å². The standard InChI is InChI=1S/C58H39NO/c1-57(2)46-21-10-8-20-44(46)54-49(57)24-14-25-52(54)59(38-29-27-37(28-30-38)36-15-4-3-5-16-36)39-31-32-45-51(35-39)58(47-22-11-6-17-40(47)41-18-7-12-23-48(41)58)50-34-33-43-42-19-9-13-26-53(42)60-56(43)55(45)50/h3-35H,1-2H3/i1D3,2D3,3D,4D,5D,6D,7D,8D,9D,10D,11D,12D,13D,14D,15D,16D,17D,18D,19D,20D,21D,22D,23D,24D,25D,26D,27D,28D,29D,30D,31D,32D,33D,34D,35D. The molecule has 10 aromatic rings. The van der Waals surface area contributed by atoms with E-state index in [0.29, 0.717) is 0 Å². The van der Waals surface area contributed by atoms with Crippen molar-refractivity contribution < 1.29 is 57.9 Å². The van der Waals surface area contributed by atoms with Gasteiger partial charge in [0.1, 0.15) is 11.2 Å². The van der Waals surface area contributed by atoms with Gasteiger partial charge in [-0.2, -0.15) is 0 Å². The van der Waals surface area contributed by atoms with E-state index in [1.807, 2.05) is 0 Å². The zero-order chi connectivity index (χ0) is 73.5. The van der Waals surface area contributed by atoms with Crippen molar-refractivity contribution in [3.8, 4) is 44.5 Å². The summed E-state index contributed by atoms with van der Waals surface area (Å²) in [6, 6.07) is -39.9. The van der Waals surface area contributed by atoms with Crippen LogP contribution in [0.1, 0.15) is 101 Å². The number of rotatable bonds is 4. The van der Waals surface area contributed by atoms with E-state index >= 15 is 0 Å². The topological polar surface area (TPSA) is 16.4 Å². The van der Waals surface area contributed by atoms with Crippen molar-refractivity contribution in [3.05, 3.63) is 233 Å². The number of hydrogen-bond donors (Lipinski definition) is 0. The Morgan fingerprint density at radius 2 is 1.05 bits per heavy atom. The van der Waals surface area contributed by atoms with Crippen molar-refractivity contribution in [2.75, 3.05) is 4.90 Å². The third-order valence-electron chi connectivity index (χ3n) is 10.9. The minimum absolute atomic E-state index is 0.168. The Hall–Kier alpha value is -7.42. The van der Waals surface area contributed by atoms with Crippen LogP contribution in [0.2, 0.25) is 0 Å². The molecule has 9 aromatic carbocycles. The monoisotopic (exact) mass is 805 g/mol. The lowest BCUT2D eigenvalue weighted by Crippen LogP contribution is -2.26. The first kappa shape index (κ1) is 13.0. The predicted octanol–water partition coefficient (Wildman–Crippen LogP) is 15.4. The van der Waals surface area contributed by atoms with Gasteiger partial charge in [-0.05, 0) is 103 Å². The Kier molecular flexibility index (Phi) is 2.62. The molecule has 1 aromatic heterocycles. The van der Waals surface area contributed by atoms with E-state index in [1.165, 1.54) is 0 Å². The highest BCUT2D eigenvalue weighted by molar-refractivity contribution is 6.13. The van der Waals surface area contributed by atoms with Gasteiger partial charge in [-0.15, -0.1) is 0 Å². The molecule has 0 saturated heterocycles. The van der Waals surface area contributed by atoms with Gasteiger partial charge < -0.3 is 9.32 Å². The first-order valence-electron chi connectivity index (χ1n) is 37.3. The molecule has 0 N–H and O–H groups in total. The zero-order valence-corrected chi connectivity index (χ0v) is 29.9. The first-order valence-corrected chi connectivity index (χ1v) is 17.8. The van der Waals surface area contributed by atoms with Crippen LogP contribution in [-0.4, -0.2) is 0 Å². The average molecular weight is 805 g/mol. The molecule has 0 saturated carbocycles. The van der Waals surface area contributed by atoms with Gasteiger partial charge in [-0.3, -0.25) is 0 Å². The smallest absolute Gasteiger partial charge is 0.143 e. The lowest BCUT2D eigenvalue weighted by atomic mass is 9.70. The summed E-state index contributed by atoms with van der Waals surface area (Å²) >= 11 is 0. The largest absolute Gasteiger partial charge is 0.455 e. The van der Waals surface area contributed by atoms with Crippen LogP contribution in [0.3, 0.4) is 0 Å². The molecule has 3 aliphatic carbocycles. The minimum atomic E-state index is -4.15. The van der Waals surface area contributed by atoms with Crippen LogP contribution in [0, 0.1) is 0 Å². The van der Waals surface area contributed by atoms with Crippen molar-refractivity contribution in [2.24, 2.45) is 0 Å². The van der Waals surface area contributed by atoms with E-state index in [9.17, 15) is 27.4 Å². The highest BCUT2D eigenvalue weighted by atomic mass is 16.3.